The molecule has 0 spiro atoms. The Bertz CT molecular complexity index is 1090. The van der Waals surface area contributed by atoms with Crippen LogP contribution in [0.2, 0.25) is 0 Å². The summed E-state index contributed by atoms with van der Waals surface area (Å²) in [5.41, 5.74) is 3.29. The summed E-state index contributed by atoms with van der Waals surface area (Å²) in [7, 11) is 0. The highest BCUT2D eigenvalue weighted by atomic mass is 79.9. The standard InChI is InChI=1S/C19H13BrN4O5/c20-14-6-8-18(13(10-14)12-21-22-15-4-2-1-3-5-15)29-19-9-7-16(23(25)26)11-17(19)24(27)28/h1-12,22H. The number of nitro benzene ring substituents is 2. The zero-order valence-electron chi connectivity index (χ0n) is 14.7. The zero-order chi connectivity index (χ0) is 20.8. The molecule has 0 fully saturated rings. The average Bonchev–Trinajstić information content (AvgIpc) is 2.70. The predicted molar refractivity (Wildman–Crippen MR) is 112 cm³/mol. The van der Waals surface area contributed by atoms with Crippen LogP contribution in [0, 0.1) is 20.2 Å². The van der Waals surface area contributed by atoms with Crippen LogP contribution in [-0.2, 0) is 0 Å². The van der Waals surface area contributed by atoms with Crippen molar-refractivity contribution in [1.29, 1.82) is 0 Å². The van der Waals surface area contributed by atoms with E-state index in [1.165, 1.54) is 12.3 Å². The molecule has 146 valence electrons. The molecule has 0 aliphatic heterocycles. The fourth-order valence-corrected chi connectivity index (χ4v) is 2.75. The van der Waals surface area contributed by atoms with Crippen LogP contribution in [0.5, 0.6) is 11.5 Å². The van der Waals surface area contributed by atoms with Gasteiger partial charge in [-0.25, -0.2) is 0 Å². The summed E-state index contributed by atoms with van der Waals surface area (Å²) >= 11 is 3.36. The highest BCUT2D eigenvalue weighted by molar-refractivity contribution is 9.10. The van der Waals surface area contributed by atoms with Gasteiger partial charge in [-0.15, -0.1) is 0 Å². The largest absolute Gasteiger partial charge is 0.449 e. The molecule has 0 aromatic heterocycles. The summed E-state index contributed by atoms with van der Waals surface area (Å²) in [6, 6.07) is 17.5. The molecular formula is C19H13BrN4O5. The average molecular weight is 457 g/mol. The number of hydrogen-bond acceptors (Lipinski definition) is 7. The first kappa shape index (κ1) is 20.0. The van der Waals surface area contributed by atoms with E-state index in [4.69, 9.17) is 4.74 Å². The van der Waals surface area contributed by atoms with Gasteiger partial charge < -0.3 is 4.74 Å². The highest BCUT2D eigenvalue weighted by Crippen LogP contribution is 2.36. The first-order chi connectivity index (χ1) is 13.9. The molecule has 3 aromatic carbocycles. The van der Waals surface area contributed by atoms with Gasteiger partial charge in [0.05, 0.1) is 27.8 Å². The second-order valence-electron chi connectivity index (χ2n) is 5.69. The summed E-state index contributed by atoms with van der Waals surface area (Å²) in [5, 5.41) is 26.3. The number of hydrogen-bond donors (Lipinski definition) is 1. The molecule has 0 bridgehead atoms. The van der Waals surface area contributed by atoms with Crippen molar-refractivity contribution in [2.75, 3.05) is 5.43 Å². The first-order valence-electron chi connectivity index (χ1n) is 8.18. The molecule has 0 radical (unpaired) electrons. The van der Waals surface area contributed by atoms with E-state index in [0.29, 0.717) is 11.3 Å². The summed E-state index contributed by atoms with van der Waals surface area (Å²) in [6.07, 6.45) is 1.50. The third-order valence-electron chi connectivity index (χ3n) is 3.71. The van der Waals surface area contributed by atoms with Gasteiger partial charge in [-0.2, -0.15) is 5.10 Å². The maximum absolute atomic E-state index is 11.3. The molecule has 0 saturated carbocycles. The summed E-state index contributed by atoms with van der Waals surface area (Å²) in [5.74, 6) is 0.178. The predicted octanol–water partition coefficient (Wildman–Crippen LogP) is 5.50. The van der Waals surface area contributed by atoms with Gasteiger partial charge in [0, 0.05) is 16.1 Å². The lowest BCUT2D eigenvalue weighted by atomic mass is 10.2. The van der Waals surface area contributed by atoms with Gasteiger partial charge in [0.1, 0.15) is 5.75 Å². The fourth-order valence-electron chi connectivity index (χ4n) is 2.37. The van der Waals surface area contributed by atoms with Gasteiger partial charge in [0.2, 0.25) is 5.75 Å². The van der Waals surface area contributed by atoms with E-state index in [2.05, 4.69) is 26.5 Å². The van der Waals surface area contributed by atoms with Gasteiger partial charge in [-0.1, -0.05) is 34.1 Å². The van der Waals surface area contributed by atoms with Crippen molar-refractivity contribution in [2.45, 2.75) is 0 Å². The van der Waals surface area contributed by atoms with Crippen LogP contribution in [-0.4, -0.2) is 16.1 Å². The van der Waals surface area contributed by atoms with E-state index in [0.717, 1.165) is 22.3 Å². The van der Waals surface area contributed by atoms with Crippen molar-refractivity contribution in [3.8, 4) is 11.5 Å². The molecule has 1 N–H and O–H groups in total. The second kappa shape index (κ2) is 8.93. The number of rotatable bonds is 7. The minimum Gasteiger partial charge on any atom is -0.449 e. The molecule has 3 rings (SSSR count). The Morgan fingerprint density at radius 1 is 0.931 bits per heavy atom. The first-order valence-corrected chi connectivity index (χ1v) is 8.97. The molecule has 29 heavy (non-hydrogen) atoms. The number of benzene rings is 3. The van der Waals surface area contributed by atoms with Gasteiger partial charge in [-0.05, 0) is 36.4 Å². The van der Waals surface area contributed by atoms with Gasteiger partial charge in [-0.3, -0.25) is 25.7 Å². The Labute approximate surface area is 173 Å². The number of halogens is 1. The maximum atomic E-state index is 11.3. The van der Waals surface area contributed by atoms with E-state index in [1.54, 1.807) is 18.2 Å². The third kappa shape index (κ3) is 5.14. The summed E-state index contributed by atoms with van der Waals surface area (Å²) in [6.45, 7) is 0. The molecular weight excluding hydrogens is 444 g/mol. The number of anilines is 1. The van der Waals surface area contributed by atoms with Crippen LogP contribution in [0.25, 0.3) is 0 Å². The molecule has 9 nitrogen and oxygen atoms in total. The lowest BCUT2D eigenvalue weighted by molar-refractivity contribution is -0.394. The number of nitrogens with one attached hydrogen (secondary N) is 1. The van der Waals surface area contributed by atoms with Crippen molar-refractivity contribution in [3.63, 3.8) is 0 Å². The molecule has 0 unspecified atom stereocenters. The van der Waals surface area contributed by atoms with Crippen molar-refractivity contribution >= 4 is 39.2 Å². The second-order valence-corrected chi connectivity index (χ2v) is 6.60. The maximum Gasteiger partial charge on any atom is 0.318 e. The smallest absolute Gasteiger partial charge is 0.318 e. The topological polar surface area (TPSA) is 120 Å². The number of hydrazone groups is 1. The molecule has 0 heterocycles. The lowest BCUT2D eigenvalue weighted by Gasteiger charge is -2.09. The number of ether oxygens (including phenoxy) is 1. The fraction of sp³-hybridized carbons (Fsp3) is 0. The Morgan fingerprint density at radius 2 is 1.66 bits per heavy atom. The molecule has 3 aromatic rings. The van der Waals surface area contributed by atoms with Crippen LogP contribution in [0.4, 0.5) is 17.1 Å². The Hall–Kier alpha value is -3.79. The molecule has 0 saturated heterocycles. The minimum absolute atomic E-state index is 0.117. The van der Waals surface area contributed by atoms with Crippen LogP contribution in [0.15, 0.2) is 76.3 Å². The lowest BCUT2D eigenvalue weighted by Crippen LogP contribution is -1.98. The van der Waals surface area contributed by atoms with Crippen LogP contribution in [0.1, 0.15) is 5.56 Å². The molecule has 0 aliphatic rings. The van der Waals surface area contributed by atoms with Crippen molar-refractivity contribution in [1.82, 2.24) is 0 Å². The minimum atomic E-state index is -0.730. The van der Waals surface area contributed by atoms with E-state index in [9.17, 15) is 20.2 Å². The van der Waals surface area contributed by atoms with Crippen molar-refractivity contribution in [2.24, 2.45) is 5.10 Å². The van der Waals surface area contributed by atoms with Crippen LogP contribution >= 0.6 is 15.9 Å². The Balaban J connectivity index is 1.90. The Kier molecular flexibility index (Phi) is 6.15. The number of nitro groups is 2. The molecule has 0 atom stereocenters. The normalized spacial score (nSPS) is 10.7. The van der Waals surface area contributed by atoms with Crippen LogP contribution in [0.3, 0.4) is 0 Å². The third-order valence-corrected chi connectivity index (χ3v) is 4.21. The summed E-state index contributed by atoms with van der Waals surface area (Å²) < 4.78 is 6.44. The van der Waals surface area contributed by atoms with Gasteiger partial charge in [0.25, 0.3) is 5.69 Å². The van der Waals surface area contributed by atoms with Gasteiger partial charge in [0.15, 0.2) is 0 Å². The molecule has 0 amide bonds. The van der Waals surface area contributed by atoms with Crippen molar-refractivity contribution < 1.29 is 14.6 Å². The zero-order valence-corrected chi connectivity index (χ0v) is 16.3. The SMILES string of the molecule is O=[N+]([O-])c1ccc(Oc2ccc(Br)cc2C=NNc2ccccc2)c([N+](=O)[O-])c1. The highest BCUT2D eigenvalue weighted by Gasteiger charge is 2.21. The van der Waals surface area contributed by atoms with Crippen LogP contribution < -0.4 is 10.2 Å². The van der Waals surface area contributed by atoms with E-state index >= 15 is 0 Å². The quantitative estimate of drug-likeness (QED) is 0.284. The number of nitrogens with zero attached hydrogens (tertiary/aromatic N) is 3. The van der Waals surface area contributed by atoms with E-state index in [1.807, 2.05) is 30.3 Å². The monoisotopic (exact) mass is 456 g/mol. The van der Waals surface area contributed by atoms with Crippen molar-refractivity contribution in [3.05, 3.63) is 97.0 Å². The molecule has 10 heteroatoms. The molecule has 0 aliphatic carbocycles. The number of para-hydroxylation sites is 1. The van der Waals surface area contributed by atoms with E-state index in [-0.39, 0.29) is 5.75 Å². The Morgan fingerprint density at radius 3 is 2.34 bits per heavy atom. The number of non-ortho nitro benzene ring substituents is 1. The van der Waals surface area contributed by atoms with E-state index < -0.39 is 21.2 Å². The summed E-state index contributed by atoms with van der Waals surface area (Å²) in [4.78, 5) is 20.8. The van der Waals surface area contributed by atoms with Gasteiger partial charge >= 0.3 is 5.69 Å².